The van der Waals surface area contributed by atoms with Gasteiger partial charge in [-0.3, -0.25) is 4.79 Å². The highest BCUT2D eigenvalue weighted by molar-refractivity contribution is 7.98. The van der Waals surface area contributed by atoms with Crippen LogP contribution in [0.4, 0.5) is 0 Å². The van der Waals surface area contributed by atoms with Crippen LogP contribution in [0.15, 0.2) is 41.6 Å². The Hall–Kier alpha value is -1.82. The second kappa shape index (κ2) is 7.69. The quantitative estimate of drug-likeness (QED) is 0.789. The lowest BCUT2D eigenvalue weighted by Crippen LogP contribution is -2.27. The second-order valence-electron chi connectivity index (χ2n) is 4.32. The summed E-state index contributed by atoms with van der Waals surface area (Å²) in [4.78, 5) is 14.5. The van der Waals surface area contributed by atoms with Crippen molar-refractivity contribution < 1.29 is 4.79 Å². The van der Waals surface area contributed by atoms with Crippen LogP contribution >= 0.6 is 11.8 Å². The fourth-order valence-electron chi connectivity index (χ4n) is 1.79. The van der Waals surface area contributed by atoms with Crippen molar-refractivity contribution >= 4 is 17.7 Å². The van der Waals surface area contributed by atoms with E-state index in [1.54, 1.807) is 29.0 Å². The molecule has 0 unspecified atom stereocenters. The van der Waals surface area contributed by atoms with Crippen molar-refractivity contribution in [1.82, 2.24) is 20.3 Å². The Morgan fingerprint density at radius 2 is 1.95 bits per heavy atom. The summed E-state index contributed by atoms with van der Waals surface area (Å²) in [6.45, 7) is 1.15. The van der Waals surface area contributed by atoms with Gasteiger partial charge in [0.1, 0.15) is 0 Å². The van der Waals surface area contributed by atoms with Gasteiger partial charge in [-0.2, -0.15) is 15.0 Å². The number of hydrogen-bond acceptors (Lipinski definition) is 4. The van der Waals surface area contributed by atoms with E-state index in [9.17, 15) is 4.79 Å². The number of carbonyl (C=O) groups is 1. The predicted molar refractivity (Wildman–Crippen MR) is 79.6 cm³/mol. The predicted octanol–water partition coefficient (Wildman–Crippen LogP) is 1.75. The van der Waals surface area contributed by atoms with Gasteiger partial charge < -0.3 is 5.32 Å². The Bertz CT molecular complexity index is 525. The number of hydrogen-bond donors (Lipinski definition) is 1. The standard InChI is InChI=1S/C14H18N4OS/c1-20-13-5-2-12(3-6-13)4-7-14(19)15-10-11-18-16-8-9-17-18/h2-3,5-6,8-9H,4,7,10-11H2,1H3,(H,15,19). The van der Waals surface area contributed by atoms with Crippen molar-refractivity contribution in [2.24, 2.45) is 0 Å². The Labute approximate surface area is 122 Å². The largest absolute Gasteiger partial charge is 0.354 e. The molecule has 1 aromatic heterocycles. The molecule has 0 spiro atoms. The molecule has 0 aliphatic rings. The fraction of sp³-hybridized carbons (Fsp3) is 0.357. The number of carbonyl (C=O) groups excluding carboxylic acids is 1. The summed E-state index contributed by atoms with van der Waals surface area (Å²) in [6.07, 6.45) is 6.57. The molecule has 20 heavy (non-hydrogen) atoms. The summed E-state index contributed by atoms with van der Waals surface area (Å²) >= 11 is 1.72. The highest BCUT2D eigenvalue weighted by Crippen LogP contribution is 2.15. The molecule has 6 heteroatoms. The minimum Gasteiger partial charge on any atom is -0.354 e. The van der Waals surface area contributed by atoms with Gasteiger partial charge >= 0.3 is 0 Å². The average molecular weight is 290 g/mol. The van der Waals surface area contributed by atoms with Crippen LogP contribution in [-0.2, 0) is 17.8 Å². The maximum Gasteiger partial charge on any atom is 0.220 e. The van der Waals surface area contributed by atoms with Gasteiger partial charge in [0, 0.05) is 17.9 Å². The van der Waals surface area contributed by atoms with Gasteiger partial charge in [-0.1, -0.05) is 12.1 Å². The van der Waals surface area contributed by atoms with E-state index in [0.717, 1.165) is 6.42 Å². The molecule has 106 valence electrons. The van der Waals surface area contributed by atoms with Gasteiger partial charge in [0.05, 0.1) is 18.9 Å². The van der Waals surface area contributed by atoms with E-state index in [-0.39, 0.29) is 5.91 Å². The van der Waals surface area contributed by atoms with Gasteiger partial charge in [-0.25, -0.2) is 0 Å². The van der Waals surface area contributed by atoms with Crippen LogP contribution in [0.25, 0.3) is 0 Å². The number of nitrogens with one attached hydrogen (secondary N) is 1. The summed E-state index contributed by atoms with van der Waals surface area (Å²) in [6, 6.07) is 8.32. The topological polar surface area (TPSA) is 59.8 Å². The Morgan fingerprint density at radius 1 is 1.25 bits per heavy atom. The van der Waals surface area contributed by atoms with Crippen molar-refractivity contribution in [3.63, 3.8) is 0 Å². The molecule has 0 atom stereocenters. The van der Waals surface area contributed by atoms with Gasteiger partial charge in [-0.15, -0.1) is 11.8 Å². The highest BCUT2D eigenvalue weighted by atomic mass is 32.2. The smallest absolute Gasteiger partial charge is 0.220 e. The van der Waals surface area contributed by atoms with E-state index in [1.165, 1.54) is 10.5 Å². The van der Waals surface area contributed by atoms with Crippen LogP contribution in [0.1, 0.15) is 12.0 Å². The van der Waals surface area contributed by atoms with Crippen LogP contribution < -0.4 is 5.32 Å². The molecule has 1 N–H and O–H groups in total. The molecule has 5 nitrogen and oxygen atoms in total. The number of benzene rings is 1. The number of aromatic nitrogens is 3. The van der Waals surface area contributed by atoms with E-state index in [4.69, 9.17) is 0 Å². The Balaban J connectivity index is 1.66. The summed E-state index contributed by atoms with van der Waals surface area (Å²) in [5.41, 5.74) is 1.19. The van der Waals surface area contributed by atoms with E-state index in [2.05, 4.69) is 46.0 Å². The molecule has 0 bridgehead atoms. The lowest BCUT2D eigenvalue weighted by Gasteiger charge is -2.05. The van der Waals surface area contributed by atoms with Crippen molar-refractivity contribution in [2.75, 3.05) is 12.8 Å². The van der Waals surface area contributed by atoms with E-state index < -0.39 is 0 Å². The third-order valence-corrected chi connectivity index (χ3v) is 3.64. The van der Waals surface area contributed by atoms with Crippen molar-refractivity contribution in [3.8, 4) is 0 Å². The zero-order chi connectivity index (χ0) is 14.2. The van der Waals surface area contributed by atoms with Crippen molar-refractivity contribution in [3.05, 3.63) is 42.2 Å². The zero-order valence-electron chi connectivity index (χ0n) is 11.5. The monoisotopic (exact) mass is 290 g/mol. The van der Waals surface area contributed by atoms with Crippen LogP contribution in [0.3, 0.4) is 0 Å². The fourth-order valence-corrected chi connectivity index (χ4v) is 2.20. The number of thioether (sulfide) groups is 1. The first-order valence-electron chi connectivity index (χ1n) is 6.51. The van der Waals surface area contributed by atoms with Crippen LogP contribution in [0.2, 0.25) is 0 Å². The molecule has 1 heterocycles. The number of nitrogens with zero attached hydrogens (tertiary/aromatic N) is 3. The molecule has 2 rings (SSSR count). The first-order valence-corrected chi connectivity index (χ1v) is 7.74. The molecule has 2 aromatic rings. The third-order valence-electron chi connectivity index (χ3n) is 2.90. The molecule has 0 aliphatic heterocycles. The van der Waals surface area contributed by atoms with Crippen LogP contribution in [-0.4, -0.2) is 33.7 Å². The minimum atomic E-state index is 0.0612. The molecule has 0 radical (unpaired) electrons. The molecule has 1 aromatic carbocycles. The van der Waals surface area contributed by atoms with E-state index in [1.807, 2.05) is 0 Å². The van der Waals surface area contributed by atoms with Crippen LogP contribution in [0, 0.1) is 0 Å². The molecule has 0 saturated heterocycles. The van der Waals surface area contributed by atoms with Crippen molar-refractivity contribution in [1.29, 1.82) is 0 Å². The lowest BCUT2D eigenvalue weighted by molar-refractivity contribution is -0.121. The molecule has 0 aliphatic carbocycles. The number of rotatable bonds is 7. The molecule has 0 fully saturated rings. The maximum atomic E-state index is 11.7. The SMILES string of the molecule is CSc1ccc(CCC(=O)NCCn2nccn2)cc1. The highest BCUT2D eigenvalue weighted by Gasteiger charge is 2.02. The lowest BCUT2D eigenvalue weighted by atomic mass is 10.1. The number of aryl methyl sites for hydroxylation is 1. The first kappa shape index (κ1) is 14.6. The maximum absolute atomic E-state index is 11.7. The molecule has 1 amide bonds. The summed E-state index contributed by atoms with van der Waals surface area (Å²) in [5, 5.41) is 10.8. The Kier molecular flexibility index (Phi) is 5.61. The molecular formula is C14H18N4OS. The second-order valence-corrected chi connectivity index (χ2v) is 5.20. The van der Waals surface area contributed by atoms with Gasteiger partial charge in [-0.05, 0) is 30.4 Å². The molecule has 0 saturated carbocycles. The number of amides is 1. The third kappa shape index (κ3) is 4.70. The van der Waals surface area contributed by atoms with Crippen LogP contribution in [0.5, 0.6) is 0 Å². The minimum absolute atomic E-state index is 0.0612. The zero-order valence-corrected chi connectivity index (χ0v) is 12.3. The average Bonchev–Trinajstić information content (AvgIpc) is 2.99. The first-order chi connectivity index (χ1) is 9.78. The molecular weight excluding hydrogens is 272 g/mol. The van der Waals surface area contributed by atoms with Gasteiger partial charge in [0.25, 0.3) is 0 Å². The van der Waals surface area contributed by atoms with Crippen molar-refractivity contribution in [2.45, 2.75) is 24.3 Å². The summed E-state index contributed by atoms with van der Waals surface area (Å²) in [7, 11) is 0. The van der Waals surface area contributed by atoms with Gasteiger partial charge in [0.2, 0.25) is 5.91 Å². The summed E-state index contributed by atoms with van der Waals surface area (Å²) in [5.74, 6) is 0.0612. The van der Waals surface area contributed by atoms with E-state index >= 15 is 0 Å². The normalized spacial score (nSPS) is 10.4. The summed E-state index contributed by atoms with van der Waals surface area (Å²) < 4.78 is 0. The Morgan fingerprint density at radius 3 is 2.60 bits per heavy atom. The van der Waals surface area contributed by atoms with Gasteiger partial charge in [0.15, 0.2) is 0 Å². The van der Waals surface area contributed by atoms with E-state index in [0.29, 0.717) is 19.5 Å².